The molecule has 2 aromatic rings. The molecule has 0 saturated carbocycles. The van der Waals surface area contributed by atoms with Crippen LogP contribution in [0.15, 0.2) is 36.5 Å². The molecule has 134 valence electrons. The molecule has 0 unspecified atom stereocenters. The summed E-state index contributed by atoms with van der Waals surface area (Å²) in [6.45, 7) is 5.14. The first-order valence-corrected chi connectivity index (χ1v) is 9.98. The molecule has 1 aliphatic rings. The van der Waals surface area contributed by atoms with Crippen molar-refractivity contribution in [2.45, 2.75) is 13.3 Å². The lowest BCUT2D eigenvalue weighted by Crippen LogP contribution is -2.47. The maximum Gasteiger partial charge on any atom is 0.233 e. The third-order valence-electron chi connectivity index (χ3n) is 3.96. The third-order valence-corrected chi connectivity index (χ3v) is 5.43. The average molecular weight is 362 g/mol. The lowest BCUT2D eigenvalue weighted by molar-refractivity contribution is 0.599. The van der Waals surface area contributed by atoms with Gasteiger partial charge in [0.1, 0.15) is 5.82 Å². The van der Waals surface area contributed by atoms with Gasteiger partial charge in [-0.25, -0.2) is 13.4 Å². The Morgan fingerprint density at radius 3 is 2.28 bits per heavy atom. The van der Waals surface area contributed by atoms with E-state index in [-0.39, 0.29) is 11.6 Å². The van der Waals surface area contributed by atoms with Crippen LogP contribution in [0.1, 0.15) is 13.3 Å². The maximum absolute atomic E-state index is 11.8. The van der Waals surface area contributed by atoms with Crippen LogP contribution in [0, 0.1) is 0 Å². The molecule has 0 atom stereocenters. The van der Waals surface area contributed by atoms with E-state index in [0.29, 0.717) is 6.42 Å². The van der Waals surface area contributed by atoms with E-state index in [2.05, 4.69) is 29.7 Å². The number of pyridine rings is 1. The summed E-state index contributed by atoms with van der Waals surface area (Å²) in [6.07, 6.45) is 2.35. The van der Waals surface area contributed by atoms with Crippen LogP contribution in [0.3, 0.4) is 0 Å². The lowest BCUT2D eigenvalue weighted by Gasteiger charge is -2.35. The molecule has 1 aliphatic heterocycles. The Labute approximate surface area is 147 Å². The molecule has 8 nitrogen and oxygen atoms in total. The minimum atomic E-state index is -3.34. The van der Waals surface area contributed by atoms with Gasteiger partial charge in [-0.1, -0.05) is 13.0 Å². The quantitative estimate of drug-likeness (QED) is 0.829. The number of aromatic nitrogens is 3. The Morgan fingerprint density at radius 2 is 1.72 bits per heavy atom. The number of nitrogens with zero attached hydrogens (tertiary/aromatic N) is 5. The van der Waals surface area contributed by atoms with Crippen LogP contribution in [-0.4, -0.2) is 55.5 Å². The van der Waals surface area contributed by atoms with Gasteiger partial charge in [0.25, 0.3) is 0 Å². The average Bonchev–Trinajstić information content (AvgIpc) is 2.63. The predicted octanol–water partition coefficient (Wildman–Crippen LogP) is 1.35. The van der Waals surface area contributed by atoms with Gasteiger partial charge in [-0.3, -0.25) is 4.72 Å². The van der Waals surface area contributed by atoms with Crippen molar-refractivity contribution in [3.63, 3.8) is 0 Å². The number of nitrogens with one attached hydrogen (secondary N) is 1. The van der Waals surface area contributed by atoms with E-state index in [1.165, 1.54) is 0 Å². The van der Waals surface area contributed by atoms with Crippen LogP contribution in [0.5, 0.6) is 0 Å². The van der Waals surface area contributed by atoms with Crippen LogP contribution < -0.4 is 14.5 Å². The summed E-state index contributed by atoms with van der Waals surface area (Å²) in [5.41, 5.74) is 0. The van der Waals surface area contributed by atoms with Gasteiger partial charge in [-0.15, -0.1) is 10.2 Å². The number of hydrogen-bond acceptors (Lipinski definition) is 7. The zero-order valence-electron chi connectivity index (χ0n) is 14.2. The maximum atomic E-state index is 11.8. The number of rotatable bonds is 6. The minimum Gasteiger partial charge on any atom is -0.353 e. The topological polar surface area (TPSA) is 91.3 Å². The van der Waals surface area contributed by atoms with Crippen molar-refractivity contribution in [3.8, 4) is 0 Å². The smallest absolute Gasteiger partial charge is 0.233 e. The van der Waals surface area contributed by atoms with E-state index in [1.807, 2.05) is 25.1 Å². The summed E-state index contributed by atoms with van der Waals surface area (Å²) >= 11 is 0. The highest BCUT2D eigenvalue weighted by molar-refractivity contribution is 7.92. The summed E-state index contributed by atoms with van der Waals surface area (Å²) in [5.74, 6) is 2.06. The largest absolute Gasteiger partial charge is 0.353 e. The first-order chi connectivity index (χ1) is 12.1. The standard InChI is InChI=1S/C16H22N6O2S/c1-2-13-25(23,24)20-14-6-7-16(19-18-14)22-11-9-21(10-12-22)15-5-3-4-8-17-15/h3-8H,2,9-13H2,1H3,(H,18,20). The van der Waals surface area contributed by atoms with Crippen molar-refractivity contribution in [2.75, 3.05) is 46.5 Å². The van der Waals surface area contributed by atoms with Crippen molar-refractivity contribution < 1.29 is 8.42 Å². The second-order valence-corrected chi connectivity index (χ2v) is 7.70. The van der Waals surface area contributed by atoms with Crippen molar-refractivity contribution in [3.05, 3.63) is 36.5 Å². The molecular weight excluding hydrogens is 340 g/mol. The zero-order chi connectivity index (χ0) is 17.7. The second kappa shape index (κ2) is 7.64. The molecule has 3 heterocycles. The Balaban J connectivity index is 1.59. The van der Waals surface area contributed by atoms with Gasteiger partial charge in [0.15, 0.2) is 11.6 Å². The van der Waals surface area contributed by atoms with Gasteiger partial charge in [-0.05, 0) is 30.7 Å². The third kappa shape index (κ3) is 4.56. The van der Waals surface area contributed by atoms with E-state index in [4.69, 9.17) is 0 Å². The van der Waals surface area contributed by atoms with Crippen molar-refractivity contribution in [1.29, 1.82) is 0 Å². The van der Waals surface area contributed by atoms with Crippen LogP contribution in [0.4, 0.5) is 17.5 Å². The van der Waals surface area contributed by atoms with Crippen molar-refractivity contribution >= 4 is 27.5 Å². The first kappa shape index (κ1) is 17.4. The van der Waals surface area contributed by atoms with E-state index >= 15 is 0 Å². The van der Waals surface area contributed by atoms with E-state index in [1.54, 1.807) is 18.3 Å². The fourth-order valence-corrected chi connectivity index (χ4v) is 3.80. The molecule has 25 heavy (non-hydrogen) atoms. The van der Waals surface area contributed by atoms with Crippen molar-refractivity contribution in [2.24, 2.45) is 0 Å². The number of piperazine rings is 1. The summed E-state index contributed by atoms with van der Waals surface area (Å²) in [5, 5.41) is 8.15. The Kier molecular flexibility index (Phi) is 5.32. The molecule has 3 rings (SSSR count). The molecule has 0 amide bonds. The highest BCUT2D eigenvalue weighted by Gasteiger charge is 2.19. The molecule has 1 fully saturated rings. The van der Waals surface area contributed by atoms with Gasteiger partial charge in [0.2, 0.25) is 10.0 Å². The van der Waals surface area contributed by atoms with Crippen LogP contribution in [0.2, 0.25) is 0 Å². The summed E-state index contributed by atoms with van der Waals surface area (Å²) in [7, 11) is -3.34. The molecule has 0 radical (unpaired) electrons. The van der Waals surface area contributed by atoms with Gasteiger partial charge in [-0.2, -0.15) is 0 Å². The summed E-state index contributed by atoms with van der Waals surface area (Å²) < 4.78 is 26.0. The molecule has 0 bridgehead atoms. The SMILES string of the molecule is CCCS(=O)(=O)Nc1ccc(N2CCN(c3ccccn3)CC2)nn1. The van der Waals surface area contributed by atoms with Crippen molar-refractivity contribution in [1.82, 2.24) is 15.2 Å². The highest BCUT2D eigenvalue weighted by atomic mass is 32.2. The van der Waals surface area contributed by atoms with Crippen LogP contribution in [-0.2, 0) is 10.0 Å². The summed E-state index contributed by atoms with van der Waals surface area (Å²) in [4.78, 5) is 8.74. The van der Waals surface area contributed by atoms with E-state index in [0.717, 1.165) is 37.8 Å². The molecule has 0 aromatic carbocycles. The van der Waals surface area contributed by atoms with Gasteiger partial charge in [0.05, 0.1) is 5.75 Å². The Hall–Kier alpha value is -2.42. The van der Waals surface area contributed by atoms with Gasteiger partial charge >= 0.3 is 0 Å². The fourth-order valence-electron chi connectivity index (χ4n) is 2.73. The normalized spacial score (nSPS) is 15.2. The monoisotopic (exact) mass is 362 g/mol. The van der Waals surface area contributed by atoms with Gasteiger partial charge < -0.3 is 9.80 Å². The first-order valence-electron chi connectivity index (χ1n) is 8.32. The van der Waals surface area contributed by atoms with Crippen LogP contribution >= 0.6 is 0 Å². The lowest BCUT2D eigenvalue weighted by atomic mass is 10.3. The highest BCUT2D eigenvalue weighted by Crippen LogP contribution is 2.17. The zero-order valence-corrected chi connectivity index (χ0v) is 15.0. The fraction of sp³-hybridized carbons (Fsp3) is 0.438. The molecule has 1 N–H and O–H groups in total. The van der Waals surface area contributed by atoms with Gasteiger partial charge in [0, 0.05) is 32.4 Å². The Bertz CT molecular complexity index is 774. The van der Waals surface area contributed by atoms with Crippen LogP contribution in [0.25, 0.3) is 0 Å². The Morgan fingerprint density at radius 1 is 1.00 bits per heavy atom. The molecular formula is C16H22N6O2S. The molecule has 9 heteroatoms. The summed E-state index contributed by atoms with van der Waals surface area (Å²) in [6, 6.07) is 9.35. The molecule has 0 spiro atoms. The predicted molar refractivity (Wildman–Crippen MR) is 98.4 cm³/mol. The second-order valence-electron chi connectivity index (χ2n) is 5.86. The number of sulfonamides is 1. The number of hydrogen-bond donors (Lipinski definition) is 1. The number of anilines is 3. The molecule has 2 aromatic heterocycles. The van der Waals surface area contributed by atoms with E-state index < -0.39 is 10.0 Å². The van der Waals surface area contributed by atoms with E-state index in [9.17, 15) is 8.42 Å². The molecule has 1 saturated heterocycles. The molecule has 0 aliphatic carbocycles. The minimum absolute atomic E-state index is 0.0753.